The van der Waals surface area contributed by atoms with Crippen molar-refractivity contribution >= 4 is 5.97 Å². The Labute approximate surface area is 203 Å². The molecule has 0 atom stereocenters. The van der Waals surface area contributed by atoms with E-state index in [0.717, 1.165) is 11.6 Å². The summed E-state index contributed by atoms with van der Waals surface area (Å²) in [6.45, 7) is 5.70. The summed E-state index contributed by atoms with van der Waals surface area (Å²) < 4.78 is 54.7. The van der Waals surface area contributed by atoms with Crippen molar-refractivity contribution in [3.8, 4) is 22.6 Å². The number of esters is 1. The van der Waals surface area contributed by atoms with E-state index in [1.165, 1.54) is 12.1 Å². The SMILES string of the molecule is C=CCOc1ccc(OC(=O)C2CCC(c3ccc(-c4ccc(C)cc4)c(F)c3F)CC2)c(F)c1. The average molecular weight is 481 g/mol. The lowest BCUT2D eigenvalue weighted by Crippen LogP contribution is -2.25. The van der Waals surface area contributed by atoms with Gasteiger partial charge in [0, 0.05) is 11.6 Å². The minimum Gasteiger partial charge on any atom is -0.489 e. The van der Waals surface area contributed by atoms with Gasteiger partial charge in [0.05, 0.1) is 5.92 Å². The van der Waals surface area contributed by atoms with Crippen LogP contribution in [0.3, 0.4) is 0 Å². The summed E-state index contributed by atoms with van der Waals surface area (Å²) in [7, 11) is 0. The standard InChI is InChI=1S/C29H27F3O3/c1-3-16-34-22-12-15-26(25(30)17-22)35-29(33)21-10-8-20(9-11-21)24-14-13-23(27(31)28(24)32)19-6-4-18(2)5-7-19/h3-7,12-15,17,20-21H,1,8-11,16H2,2H3. The highest BCUT2D eigenvalue weighted by Gasteiger charge is 2.31. The lowest BCUT2D eigenvalue weighted by atomic mass is 9.78. The second-order valence-electron chi connectivity index (χ2n) is 8.86. The van der Waals surface area contributed by atoms with Crippen LogP contribution < -0.4 is 9.47 Å². The van der Waals surface area contributed by atoms with Crippen molar-refractivity contribution in [3.05, 3.63) is 95.8 Å². The quantitative estimate of drug-likeness (QED) is 0.199. The Bertz CT molecular complexity index is 1210. The van der Waals surface area contributed by atoms with Gasteiger partial charge in [0.15, 0.2) is 23.2 Å². The molecule has 1 saturated carbocycles. The molecule has 3 aromatic carbocycles. The zero-order valence-electron chi connectivity index (χ0n) is 19.5. The zero-order valence-corrected chi connectivity index (χ0v) is 19.5. The van der Waals surface area contributed by atoms with E-state index in [-0.39, 0.29) is 23.8 Å². The number of hydrogen-bond donors (Lipinski definition) is 0. The summed E-state index contributed by atoms with van der Waals surface area (Å²) in [6, 6.07) is 14.5. The van der Waals surface area contributed by atoms with Crippen molar-refractivity contribution in [3.63, 3.8) is 0 Å². The van der Waals surface area contributed by atoms with E-state index in [0.29, 0.717) is 42.6 Å². The van der Waals surface area contributed by atoms with E-state index in [9.17, 15) is 18.0 Å². The van der Waals surface area contributed by atoms with Crippen LogP contribution in [0, 0.1) is 30.3 Å². The number of ether oxygens (including phenoxy) is 2. The van der Waals surface area contributed by atoms with Crippen LogP contribution >= 0.6 is 0 Å². The maximum Gasteiger partial charge on any atom is 0.314 e. The molecule has 0 bridgehead atoms. The minimum absolute atomic E-state index is 0.164. The number of carbonyl (C=O) groups excluding carboxylic acids is 1. The number of hydrogen-bond acceptors (Lipinski definition) is 3. The Morgan fingerprint density at radius 1 is 0.971 bits per heavy atom. The third-order valence-corrected chi connectivity index (χ3v) is 6.46. The van der Waals surface area contributed by atoms with Gasteiger partial charge in [-0.15, -0.1) is 0 Å². The molecule has 3 aromatic rings. The first kappa shape index (κ1) is 24.6. The van der Waals surface area contributed by atoms with E-state index < -0.39 is 29.3 Å². The molecule has 0 aliphatic heterocycles. The molecule has 1 aliphatic rings. The molecule has 3 nitrogen and oxygen atoms in total. The number of carbonyl (C=O) groups is 1. The third kappa shape index (κ3) is 5.59. The van der Waals surface area contributed by atoms with Crippen LogP contribution in [0.25, 0.3) is 11.1 Å². The van der Waals surface area contributed by atoms with Gasteiger partial charge in [-0.3, -0.25) is 4.79 Å². The molecule has 4 rings (SSSR count). The fourth-order valence-electron chi connectivity index (χ4n) is 4.48. The van der Waals surface area contributed by atoms with E-state index >= 15 is 0 Å². The van der Waals surface area contributed by atoms with Gasteiger partial charge in [0.2, 0.25) is 0 Å². The third-order valence-electron chi connectivity index (χ3n) is 6.46. The molecular formula is C29H27F3O3. The van der Waals surface area contributed by atoms with Gasteiger partial charge in [-0.05, 0) is 61.8 Å². The van der Waals surface area contributed by atoms with Crippen LogP contribution in [0.2, 0.25) is 0 Å². The molecule has 35 heavy (non-hydrogen) atoms. The molecule has 6 heteroatoms. The first-order chi connectivity index (χ1) is 16.9. The van der Waals surface area contributed by atoms with Crippen LogP contribution in [-0.2, 0) is 4.79 Å². The Morgan fingerprint density at radius 2 is 1.69 bits per heavy atom. The Morgan fingerprint density at radius 3 is 2.34 bits per heavy atom. The molecule has 182 valence electrons. The van der Waals surface area contributed by atoms with Gasteiger partial charge in [0.1, 0.15) is 12.4 Å². The smallest absolute Gasteiger partial charge is 0.314 e. The highest BCUT2D eigenvalue weighted by molar-refractivity contribution is 5.75. The molecule has 0 unspecified atom stereocenters. The van der Waals surface area contributed by atoms with Crippen molar-refractivity contribution in [1.82, 2.24) is 0 Å². The predicted molar refractivity (Wildman–Crippen MR) is 129 cm³/mol. The van der Waals surface area contributed by atoms with E-state index in [4.69, 9.17) is 9.47 Å². The van der Waals surface area contributed by atoms with Crippen molar-refractivity contribution in [1.29, 1.82) is 0 Å². The molecule has 0 amide bonds. The van der Waals surface area contributed by atoms with Gasteiger partial charge in [-0.2, -0.15) is 0 Å². The normalized spacial score (nSPS) is 17.6. The molecule has 0 aromatic heterocycles. The zero-order chi connectivity index (χ0) is 24.9. The van der Waals surface area contributed by atoms with E-state index in [1.807, 2.05) is 19.1 Å². The topological polar surface area (TPSA) is 35.5 Å². The molecule has 0 spiro atoms. The van der Waals surface area contributed by atoms with Crippen LogP contribution in [0.15, 0.2) is 67.3 Å². The van der Waals surface area contributed by atoms with Gasteiger partial charge in [-0.25, -0.2) is 13.2 Å². The molecule has 0 heterocycles. The molecule has 1 aliphatic carbocycles. The molecule has 0 radical (unpaired) electrons. The van der Waals surface area contributed by atoms with Crippen molar-refractivity contribution < 1.29 is 27.4 Å². The van der Waals surface area contributed by atoms with Crippen LogP contribution in [-0.4, -0.2) is 12.6 Å². The minimum atomic E-state index is -0.858. The number of benzene rings is 3. The number of halogens is 3. The number of aryl methyl sites for hydroxylation is 1. The lowest BCUT2D eigenvalue weighted by Gasteiger charge is -2.28. The largest absolute Gasteiger partial charge is 0.489 e. The molecule has 1 fully saturated rings. The first-order valence-corrected chi connectivity index (χ1v) is 11.7. The fraction of sp³-hybridized carbons (Fsp3) is 0.276. The average Bonchev–Trinajstić information content (AvgIpc) is 2.86. The first-order valence-electron chi connectivity index (χ1n) is 11.7. The van der Waals surface area contributed by atoms with Crippen molar-refractivity contribution in [2.45, 2.75) is 38.5 Å². The Balaban J connectivity index is 1.39. The van der Waals surface area contributed by atoms with Crippen molar-refractivity contribution in [2.24, 2.45) is 5.92 Å². The second kappa shape index (κ2) is 10.8. The van der Waals surface area contributed by atoms with E-state index in [1.54, 1.807) is 30.3 Å². The maximum atomic E-state index is 15.0. The van der Waals surface area contributed by atoms with Crippen LogP contribution in [0.1, 0.15) is 42.7 Å². The predicted octanol–water partition coefficient (Wildman–Crippen LogP) is 7.52. The summed E-state index contributed by atoms with van der Waals surface area (Å²) in [6.07, 6.45) is 3.47. The summed E-state index contributed by atoms with van der Waals surface area (Å²) in [5.74, 6) is -3.39. The van der Waals surface area contributed by atoms with Gasteiger partial charge >= 0.3 is 5.97 Å². The molecule has 0 N–H and O–H groups in total. The maximum absolute atomic E-state index is 15.0. The Kier molecular flexibility index (Phi) is 7.59. The number of rotatable bonds is 7. The van der Waals surface area contributed by atoms with Gasteiger partial charge in [-0.1, -0.05) is 54.6 Å². The van der Waals surface area contributed by atoms with Gasteiger partial charge < -0.3 is 9.47 Å². The summed E-state index contributed by atoms with van der Waals surface area (Å²) in [4.78, 5) is 12.6. The fourth-order valence-corrected chi connectivity index (χ4v) is 4.48. The summed E-state index contributed by atoms with van der Waals surface area (Å²) in [5, 5.41) is 0. The van der Waals surface area contributed by atoms with Crippen LogP contribution in [0.4, 0.5) is 13.2 Å². The van der Waals surface area contributed by atoms with Gasteiger partial charge in [0.25, 0.3) is 0 Å². The monoisotopic (exact) mass is 480 g/mol. The van der Waals surface area contributed by atoms with Crippen LogP contribution in [0.5, 0.6) is 11.5 Å². The second-order valence-corrected chi connectivity index (χ2v) is 8.86. The molecule has 0 saturated heterocycles. The summed E-state index contributed by atoms with van der Waals surface area (Å²) in [5.41, 5.74) is 2.22. The highest BCUT2D eigenvalue weighted by Crippen LogP contribution is 2.39. The summed E-state index contributed by atoms with van der Waals surface area (Å²) >= 11 is 0. The van der Waals surface area contributed by atoms with E-state index in [2.05, 4.69) is 6.58 Å². The molecular weight excluding hydrogens is 453 g/mol. The van der Waals surface area contributed by atoms with Crippen molar-refractivity contribution in [2.75, 3.05) is 6.61 Å². The highest BCUT2D eigenvalue weighted by atomic mass is 19.2. The Hall–Kier alpha value is -3.54. The lowest BCUT2D eigenvalue weighted by molar-refractivity contribution is -0.140.